The van der Waals surface area contributed by atoms with E-state index in [4.69, 9.17) is 28.2 Å². The summed E-state index contributed by atoms with van der Waals surface area (Å²) in [6.45, 7) is 2.22. The van der Waals surface area contributed by atoms with Crippen molar-refractivity contribution in [1.82, 2.24) is 10.2 Å². The molecule has 0 aliphatic rings. The van der Waals surface area contributed by atoms with Crippen molar-refractivity contribution in [2.45, 2.75) is 18.0 Å². The zero-order valence-electron chi connectivity index (χ0n) is 14.1. The number of thioether (sulfide) groups is 1. The molecule has 1 aromatic carbocycles. The third kappa shape index (κ3) is 6.06. The number of nitrogens with one attached hydrogen (secondary N) is 1. The molecule has 3 rings (SSSR count). The highest BCUT2D eigenvalue weighted by Gasteiger charge is 2.13. The Hall–Kier alpha value is -1.47. The Morgan fingerprint density at radius 2 is 2.00 bits per heavy atom. The summed E-state index contributed by atoms with van der Waals surface area (Å²) in [4.78, 5) is 4.61. The second kappa shape index (κ2) is 10.0. The first kappa shape index (κ1) is 19.3. The van der Waals surface area contributed by atoms with Gasteiger partial charge in [-0.15, -0.1) is 23.1 Å². The van der Waals surface area contributed by atoms with Crippen LogP contribution in [-0.4, -0.2) is 22.3 Å². The molecule has 0 spiro atoms. The van der Waals surface area contributed by atoms with E-state index in [1.165, 1.54) is 9.77 Å². The van der Waals surface area contributed by atoms with Gasteiger partial charge in [-0.2, -0.15) is 0 Å². The normalized spacial score (nSPS) is 10.7. The molecule has 3 aromatic rings. The van der Waals surface area contributed by atoms with E-state index >= 15 is 0 Å². The minimum Gasteiger partial charge on any atom is -0.467 e. The molecule has 0 aliphatic heterocycles. The summed E-state index contributed by atoms with van der Waals surface area (Å²) in [5.41, 5.74) is 0. The number of nitrogens with zero attached hydrogens (tertiary/aromatic N) is 1. The van der Waals surface area contributed by atoms with Crippen LogP contribution in [0.1, 0.15) is 10.6 Å². The van der Waals surface area contributed by atoms with Gasteiger partial charge in [0.05, 0.1) is 19.4 Å². The Balaban J connectivity index is 1.50. The van der Waals surface area contributed by atoms with Crippen LogP contribution in [0.2, 0.25) is 5.02 Å². The zero-order valence-corrected chi connectivity index (χ0v) is 17.3. The molecule has 0 bridgehead atoms. The summed E-state index contributed by atoms with van der Waals surface area (Å²) >= 11 is 15.0. The monoisotopic (exact) mass is 422 g/mol. The summed E-state index contributed by atoms with van der Waals surface area (Å²) in [5, 5.41) is 6.95. The first-order valence-corrected chi connectivity index (χ1v) is 10.8. The summed E-state index contributed by atoms with van der Waals surface area (Å²) in [6, 6.07) is 15.9. The van der Waals surface area contributed by atoms with Crippen LogP contribution in [0.5, 0.6) is 0 Å². The summed E-state index contributed by atoms with van der Waals surface area (Å²) in [5.74, 6) is 1.83. The minimum absolute atomic E-state index is 0.654. The van der Waals surface area contributed by atoms with Gasteiger partial charge in [0.1, 0.15) is 5.76 Å². The van der Waals surface area contributed by atoms with Crippen LogP contribution in [0.4, 0.5) is 0 Å². The number of thiocarbonyl (C=S) groups is 1. The van der Waals surface area contributed by atoms with E-state index in [0.29, 0.717) is 6.54 Å². The van der Waals surface area contributed by atoms with Gasteiger partial charge in [0.2, 0.25) is 0 Å². The highest BCUT2D eigenvalue weighted by molar-refractivity contribution is 7.99. The lowest BCUT2D eigenvalue weighted by Crippen LogP contribution is -2.39. The molecule has 0 saturated carbocycles. The van der Waals surface area contributed by atoms with Gasteiger partial charge in [-0.1, -0.05) is 17.7 Å². The van der Waals surface area contributed by atoms with Crippen LogP contribution in [0.15, 0.2) is 69.5 Å². The van der Waals surface area contributed by atoms with Crippen LogP contribution >= 0.6 is 46.9 Å². The molecule has 136 valence electrons. The first-order valence-electron chi connectivity index (χ1n) is 8.16. The largest absolute Gasteiger partial charge is 0.467 e. The average molecular weight is 423 g/mol. The van der Waals surface area contributed by atoms with Crippen molar-refractivity contribution in [2.75, 3.05) is 12.3 Å². The smallest absolute Gasteiger partial charge is 0.169 e. The molecule has 2 aromatic heterocycles. The summed E-state index contributed by atoms with van der Waals surface area (Å²) < 4.78 is 5.49. The number of benzene rings is 1. The topological polar surface area (TPSA) is 28.4 Å². The summed E-state index contributed by atoms with van der Waals surface area (Å²) in [7, 11) is 0. The number of hydrogen-bond donors (Lipinski definition) is 1. The molecule has 0 aliphatic carbocycles. The molecular weight excluding hydrogens is 404 g/mol. The number of furan rings is 1. The van der Waals surface area contributed by atoms with Gasteiger partial charge >= 0.3 is 0 Å². The fraction of sp³-hybridized carbons (Fsp3) is 0.211. The van der Waals surface area contributed by atoms with E-state index in [1.54, 1.807) is 29.4 Å². The molecule has 0 radical (unpaired) electrons. The van der Waals surface area contributed by atoms with Crippen molar-refractivity contribution in [3.05, 3.63) is 75.8 Å². The first-order chi connectivity index (χ1) is 12.7. The minimum atomic E-state index is 0.654. The molecule has 26 heavy (non-hydrogen) atoms. The maximum Gasteiger partial charge on any atom is 0.169 e. The Morgan fingerprint density at radius 1 is 1.15 bits per heavy atom. The third-order valence-corrected chi connectivity index (χ3v) is 6.13. The Bertz CT molecular complexity index is 753. The molecule has 1 N–H and O–H groups in total. The van der Waals surface area contributed by atoms with Gasteiger partial charge in [-0.05, 0) is 60.1 Å². The molecule has 0 saturated heterocycles. The van der Waals surface area contributed by atoms with Gasteiger partial charge in [-0.3, -0.25) is 0 Å². The van der Waals surface area contributed by atoms with Crippen LogP contribution in [0.3, 0.4) is 0 Å². The second-order valence-electron chi connectivity index (χ2n) is 5.55. The molecule has 2 heterocycles. The maximum absolute atomic E-state index is 5.91. The quantitative estimate of drug-likeness (QED) is 0.287. The van der Waals surface area contributed by atoms with Crippen LogP contribution in [0, 0.1) is 0 Å². The lowest BCUT2D eigenvalue weighted by atomic mass is 10.3. The molecular formula is C19H19ClN2OS3. The predicted octanol–water partition coefficient (Wildman–Crippen LogP) is 5.66. The molecule has 0 amide bonds. The van der Waals surface area contributed by atoms with E-state index in [0.717, 1.165) is 34.7 Å². The van der Waals surface area contributed by atoms with Crippen molar-refractivity contribution in [2.24, 2.45) is 0 Å². The van der Waals surface area contributed by atoms with Crippen molar-refractivity contribution >= 4 is 52.0 Å². The molecule has 3 nitrogen and oxygen atoms in total. The van der Waals surface area contributed by atoms with Crippen molar-refractivity contribution in [1.29, 1.82) is 0 Å². The van der Waals surface area contributed by atoms with Gasteiger partial charge in [0, 0.05) is 27.1 Å². The molecule has 0 unspecified atom stereocenters. The SMILES string of the molecule is S=C(NCCSc1ccc(Cl)cc1)N(Cc1ccco1)Cc1cccs1. The predicted molar refractivity (Wildman–Crippen MR) is 115 cm³/mol. The zero-order chi connectivity index (χ0) is 18.2. The fourth-order valence-corrected chi connectivity index (χ4v) is 4.20. The molecule has 7 heteroatoms. The van der Waals surface area contributed by atoms with Crippen molar-refractivity contribution in [3.8, 4) is 0 Å². The van der Waals surface area contributed by atoms with Gasteiger partial charge in [-0.25, -0.2) is 0 Å². The highest BCUT2D eigenvalue weighted by atomic mass is 35.5. The summed E-state index contributed by atoms with van der Waals surface area (Å²) in [6.07, 6.45) is 1.69. The average Bonchev–Trinajstić information content (AvgIpc) is 3.33. The lowest BCUT2D eigenvalue weighted by molar-refractivity contribution is 0.354. The Kier molecular flexibility index (Phi) is 7.43. The van der Waals surface area contributed by atoms with Crippen molar-refractivity contribution in [3.63, 3.8) is 0 Å². The molecule has 0 atom stereocenters. The van der Waals surface area contributed by atoms with Crippen LogP contribution in [-0.2, 0) is 13.1 Å². The maximum atomic E-state index is 5.91. The van der Waals surface area contributed by atoms with E-state index in [-0.39, 0.29) is 0 Å². The lowest BCUT2D eigenvalue weighted by Gasteiger charge is -2.24. The Morgan fingerprint density at radius 3 is 2.69 bits per heavy atom. The number of hydrogen-bond acceptors (Lipinski definition) is 4. The standard InChI is InChI=1S/C19H19ClN2OS3/c20-15-5-7-17(8-6-15)26-12-9-21-19(24)22(13-16-3-1-10-23-16)14-18-4-2-11-25-18/h1-8,10-11H,9,12-14H2,(H,21,24). The Labute approximate surface area is 172 Å². The second-order valence-corrected chi connectivity index (χ2v) is 8.57. The van der Waals surface area contributed by atoms with E-state index in [2.05, 4.69) is 27.7 Å². The third-order valence-electron chi connectivity index (χ3n) is 3.60. The highest BCUT2D eigenvalue weighted by Crippen LogP contribution is 2.20. The number of rotatable bonds is 8. The van der Waals surface area contributed by atoms with Gasteiger partial charge in [0.15, 0.2) is 5.11 Å². The molecule has 0 fully saturated rings. The van der Waals surface area contributed by atoms with Crippen LogP contribution in [0.25, 0.3) is 0 Å². The van der Waals surface area contributed by atoms with Gasteiger partial charge in [0.25, 0.3) is 0 Å². The van der Waals surface area contributed by atoms with E-state index in [1.807, 2.05) is 36.4 Å². The van der Waals surface area contributed by atoms with E-state index < -0.39 is 0 Å². The fourth-order valence-electron chi connectivity index (χ4n) is 2.35. The number of halogens is 1. The van der Waals surface area contributed by atoms with Crippen molar-refractivity contribution < 1.29 is 4.42 Å². The van der Waals surface area contributed by atoms with Crippen LogP contribution < -0.4 is 5.32 Å². The van der Waals surface area contributed by atoms with Gasteiger partial charge < -0.3 is 14.6 Å². The number of thiophene rings is 1. The van der Waals surface area contributed by atoms with E-state index in [9.17, 15) is 0 Å².